The minimum Gasteiger partial charge on any atom is -0.380 e. The Labute approximate surface area is 391 Å². The monoisotopic (exact) mass is 940 g/mol. The number of nitrogens with one attached hydrogen (secondary N) is 3. The molecule has 16 nitrogen and oxygen atoms in total. The third-order valence-corrected chi connectivity index (χ3v) is 14.7. The van der Waals surface area contributed by atoms with E-state index >= 15 is 0 Å². The number of hydrogen-bond donors (Lipinski definition) is 3. The molecule has 3 saturated heterocycles. The van der Waals surface area contributed by atoms with Gasteiger partial charge in [0, 0.05) is 101 Å². The topological polar surface area (TPSA) is 164 Å². The van der Waals surface area contributed by atoms with Crippen molar-refractivity contribution in [2.45, 2.75) is 49.3 Å². The molecule has 3 aliphatic heterocycles. The molecule has 0 bridgehead atoms. The van der Waals surface area contributed by atoms with Gasteiger partial charge in [0.1, 0.15) is 28.8 Å². The van der Waals surface area contributed by atoms with Crippen molar-refractivity contribution in [3.63, 3.8) is 0 Å². The normalized spacial score (nSPS) is 17.3. The zero-order valence-electron chi connectivity index (χ0n) is 37.5. The SMILES string of the molecule is CC(C)S(=O)(=O)c1ccccc1Nc1nc(Nc2ccc(N3CCN(C(=O)CCOCCN4CCN(c5cc(N[C@@H]6CCCN(c7cccc(F)c7)C6)ncn5)CC4)CC3)cc2)ncc1Cl. The van der Waals surface area contributed by atoms with Crippen LogP contribution < -0.4 is 30.7 Å². The second kappa shape index (κ2) is 21.7. The second-order valence-corrected chi connectivity index (χ2v) is 19.9. The van der Waals surface area contributed by atoms with Crippen molar-refractivity contribution in [1.82, 2.24) is 29.7 Å². The summed E-state index contributed by atoms with van der Waals surface area (Å²) in [5, 5.41) is 9.53. The third kappa shape index (κ3) is 11.9. The first-order valence-corrected chi connectivity index (χ1v) is 24.6. The molecule has 5 aromatic rings. The second-order valence-electron chi connectivity index (χ2n) is 17.0. The van der Waals surface area contributed by atoms with E-state index in [-0.39, 0.29) is 33.5 Å². The van der Waals surface area contributed by atoms with Crippen molar-refractivity contribution >= 4 is 73.5 Å². The molecule has 1 amide bonds. The van der Waals surface area contributed by atoms with E-state index in [0.29, 0.717) is 44.4 Å². The smallest absolute Gasteiger partial charge is 0.229 e. The first kappa shape index (κ1) is 46.7. The average molecular weight is 942 g/mol. The number of hydrogen-bond acceptors (Lipinski definition) is 15. The lowest BCUT2D eigenvalue weighted by atomic mass is 10.0. The Kier molecular flexibility index (Phi) is 15.3. The summed E-state index contributed by atoms with van der Waals surface area (Å²) in [4.78, 5) is 42.2. The third-order valence-electron chi connectivity index (χ3n) is 12.2. The van der Waals surface area contributed by atoms with E-state index in [4.69, 9.17) is 16.3 Å². The minimum atomic E-state index is -3.55. The number of piperazine rings is 2. The van der Waals surface area contributed by atoms with Crippen molar-refractivity contribution in [2.24, 2.45) is 0 Å². The Morgan fingerprint density at radius 1 is 0.833 bits per heavy atom. The molecule has 350 valence electrons. The molecule has 5 heterocycles. The number of para-hydroxylation sites is 1. The highest BCUT2D eigenvalue weighted by Crippen LogP contribution is 2.31. The van der Waals surface area contributed by atoms with Gasteiger partial charge in [0.15, 0.2) is 15.7 Å². The number of nitrogens with zero attached hydrogens (tertiary/aromatic N) is 9. The Bertz CT molecular complexity index is 2520. The quantitative estimate of drug-likeness (QED) is 0.0845. The number of aromatic nitrogens is 4. The molecule has 8 rings (SSSR count). The van der Waals surface area contributed by atoms with Gasteiger partial charge in [-0.1, -0.05) is 29.8 Å². The van der Waals surface area contributed by atoms with Gasteiger partial charge in [-0.05, 0) is 81.3 Å². The number of ether oxygens (including phenoxy) is 1. The number of carbonyl (C=O) groups is 1. The summed E-state index contributed by atoms with van der Waals surface area (Å²) in [5.74, 6) is 2.17. The maximum atomic E-state index is 13.8. The highest BCUT2D eigenvalue weighted by molar-refractivity contribution is 7.92. The van der Waals surface area contributed by atoms with Gasteiger partial charge in [-0.2, -0.15) is 4.98 Å². The van der Waals surface area contributed by atoms with Crippen LogP contribution in [0.4, 0.5) is 50.5 Å². The van der Waals surface area contributed by atoms with Gasteiger partial charge in [0.05, 0.1) is 41.7 Å². The molecule has 3 fully saturated rings. The van der Waals surface area contributed by atoms with Gasteiger partial charge in [0.25, 0.3) is 0 Å². The summed E-state index contributed by atoms with van der Waals surface area (Å²) >= 11 is 6.42. The van der Waals surface area contributed by atoms with Crippen LogP contribution in [0.15, 0.2) is 96.3 Å². The molecule has 2 aromatic heterocycles. The molecule has 0 unspecified atom stereocenters. The van der Waals surface area contributed by atoms with Crippen LogP contribution in [-0.4, -0.2) is 141 Å². The van der Waals surface area contributed by atoms with Gasteiger partial charge in [-0.3, -0.25) is 9.69 Å². The molecule has 66 heavy (non-hydrogen) atoms. The van der Waals surface area contributed by atoms with Crippen molar-refractivity contribution in [1.29, 1.82) is 0 Å². The molecular weight excluding hydrogens is 883 g/mol. The van der Waals surface area contributed by atoms with E-state index in [1.54, 1.807) is 56.6 Å². The van der Waals surface area contributed by atoms with Gasteiger partial charge < -0.3 is 40.3 Å². The largest absolute Gasteiger partial charge is 0.380 e. The van der Waals surface area contributed by atoms with E-state index in [1.807, 2.05) is 41.3 Å². The maximum Gasteiger partial charge on any atom is 0.229 e. The molecule has 3 N–H and O–H groups in total. The van der Waals surface area contributed by atoms with Crippen molar-refractivity contribution in [3.8, 4) is 0 Å². The van der Waals surface area contributed by atoms with Gasteiger partial charge in [-0.25, -0.2) is 27.8 Å². The van der Waals surface area contributed by atoms with Crippen molar-refractivity contribution < 1.29 is 22.3 Å². The van der Waals surface area contributed by atoms with E-state index in [9.17, 15) is 17.6 Å². The first-order valence-electron chi connectivity index (χ1n) is 22.6. The molecule has 0 saturated carbocycles. The van der Waals surface area contributed by atoms with E-state index < -0.39 is 15.1 Å². The number of anilines is 8. The number of carbonyl (C=O) groups excluding carboxylic acids is 1. The number of halogens is 2. The zero-order valence-corrected chi connectivity index (χ0v) is 39.0. The van der Waals surface area contributed by atoms with Crippen LogP contribution in [0, 0.1) is 5.82 Å². The zero-order chi connectivity index (χ0) is 46.0. The summed E-state index contributed by atoms with van der Waals surface area (Å²) in [7, 11) is -3.55. The van der Waals surface area contributed by atoms with Gasteiger partial charge in [-0.15, -0.1) is 0 Å². The van der Waals surface area contributed by atoms with Crippen molar-refractivity contribution in [3.05, 3.63) is 102 Å². The minimum absolute atomic E-state index is 0.107. The standard InChI is InChI=1S/C47H58ClFN12O4S/c1-34(2)66(63,64)42-11-4-3-10-41(42)55-46-40(48)31-50-47(56-46)54-36-12-14-38(15-13-36)58-22-24-60(25-23-58)45(62)16-27-65-28-26-57-18-20-59(21-19-57)44-30-43(51-33-52-44)53-37-8-6-17-61(32-37)39-9-5-7-35(49)29-39/h3-5,7,9-15,29-31,33-34,37H,6,8,16-28,32H2,1-2H3,(H,51,52,53)(H2,50,54,55,56)/t37-/m1/s1. The number of benzene rings is 3. The van der Waals surface area contributed by atoms with Crippen LogP contribution in [0.25, 0.3) is 0 Å². The van der Waals surface area contributed by atoms with Crippen LogP contribution in [-0.2, 0) is 19.4 Å². The van der Waals surface area contributed by atoms with Crippen molar-refractivity contribution in [2.75, 3.05) is 116 Å². The molecule has 19 heteroatoms. The predicted molar refractivity (Wildman–Crippen MR) is 259 cm³/mol. The Morgan fingerprint density at radius 2 is 1.61 bits per heavy atom. The van der Waals surface area contributed by atoms with E-state index in [0.717, 1.165) is 100 Å². The molecule has 3 aliphatic rings. The number of sulfone groups is 1. The molecular formula is C47H58ClFN12O4S. The van der Waals surface area contributed by atoms with E-state index in [2.05, 4.69) is 55.5 Å². The van der Waals surface area contributed by atoms with Crippen LogP contribution >= 0.6 is 11.6 Å². The lowest BCUT2D eigenvalue weighted by Crippen LogP contribution is -2.49. The molecule has 0 radical (unpaired) electrons. The summed E-state index contributed by atoms with van der Waals surface area (Å²) in [6, 6.07) is 23.6. The highest BCUT2D eigenvalue weighted by atomic mass is 35.5. The number of piperidine rings is 1. The fraction of sp³-hybridized carbons (Fsp3) is 0.426. The lowest BCUT2D eigenvalue weighted by Gasteiger charge is -2.36. The first-order chi connectivity index (χ1) is 32.0. The van der Waals surface area contributed by atoms with Crippen LogP contribution in [0.5, 0.6) is 0 Å². The maximum absolute atomic E-state index is 13.8. The number of rotatable bonds is 17. The predicted octanol–water partition coefficient (Wildman–Crippen LogP) is 6.69. The Hall–Kier alpha value is -5.82. The summed E-state index contributed by atoms with van der Waals surface area (Å²) < 4.78 is 45.7. The summed E-state index contributed by atoms with van der Waals surface area (Å²) in [6.07, 6.45) is 5.48. The Morgan fingerprint density at radius 3 is 2.38 bits per heavy atom. The number of amides is 1. The highest BCUT2D eigenvalue weighted by Gasteiger charge is 2.26. The van der Waals surface area contributed by atoms with Gasteiger partial charge >= 0.3 is 0 Å². The van der Waals surface area contributed by atoms with Crippen LogP contribution in [0.2, 0.25) is 5.02 Å². The summed E-state index contributed by atoms with van der Waals surface area (Å²) in [5.41, 5.74) is 3.10. The van der Waals surface area contributed by atoms with E-state index in [1.165, 1.54) is 12.3 Å². The fourth-order valence-electron chi connectivity index (χ4n) is 8.44. The fourth-order valence-corrected chi connectivity index (χ4v) is 9.78. The molecule has 0 aliphatic carbocycles. The molecule has 0 spiro atoms. The lowest BCUT2D eigenvalue weighted by molar-refractivity contribution is -0.132. The Balaban J connectivity index is 0.714. The molecule has 1 atom stereocenters. The summed E-state index contributed by atoms with van der Waals surface area (Å²) in [6.45, 7) is 13.0. The van der Waals surface area contributed by atoms with Crippen LogP contribution in [0.3, 0.4) is 0 Å². The van der Waals surface area contributed by atoms with Gasteiger partial charge in [0.2, 0.25) is 11.9 Å². The van der Waals surface area contributed by atoms with Crippen LogP contribution in [0.1, 0.15) is 33.1 Å². The molecule has 3 aromatic carbocycles. The average Bonchev–Trinajstić information content (AvgIpc) is 3.33.